The lowest BCUT2D eigenvalue weighted by atomic mass is 10.0. The van der Waals surface area contributed by atoms with Crippen molar-refractivity contribution in [3.63, 3.8) is 0 Å². The molecule has 0 saturated heterocycles. The van der Waals surface area contributed by atoms with E-state index >= 15 is 0 Å². The first-order valence-corrected chi connectivity index (χ1v) is 8.91. The molecule has 0 saturated carbocycles. The van der Waals surface area contributed by atoms with Gasteiger partial charge in [0.05, 0.1) is 13.2 Å². The first-order chi connectivity index (χ1) is 12.4. The molecule has 4 heteroatoms. The average molecular weight is 354 g/mol. The van der Waals surface area contributed by atoms with E-state index in [1.54, 1.807) is 48.5 Å². The number of carbonyl (C=O) groups is 2. The van der Waals surface area contributed by atoms with Crippen molar-refractivity contribution in [2.45, 2.75) is 27.7 Å². The van der Waals surface area contributed by atoms with Crippen molar-refractivity contribution in [3.05, 3.63) is 59.7 Å². The molecule has 2 aromatic carbocycles. The molecule has 0 radical (unpaired) electrons. The molecule has 2 aromatic rings. The van der Waals surface area contributed by atoms with Crippen molar-refractivity contribution in [3.8, 4) is 11.5 Å². The van der Waals surface area contributed by atoms with Crippen LogP contribution in [0, 0.1) is 11.8 Å². The van der Waals surface area contributed by atoms with Crippen molar-refractivity contribution in [2.24, 2.45) is 11.8 Å². The van der Waals surface area contributed by atoms with Gasteiger partial charge < -0.3 is 9.47 Å². The van der Waals surface area contributed by atoms with Crippen molar-refractivity contribution < 1.29 is 19.1 Å². The lowest BCUT2D eigenvalue weighted by Crippen LogP contribution is -2.15. The Labute approximate surface area is 155 Å². The summed E-state index contributed by atoms with van der Waals surface area (Å²) in [7, 11) is 0. The Morgan fingerprint density at radius 1 is 0.731 bits per heavy atom. The standard InChI is InChI=1S/C22H26O4/c1-15(2)13-25-19-9-5-7-17(11-19)21(23)22(24)18-8-6-10-20(12-18)26-14-16(3)4/h5-12,15-16H,13-14H2,1-4H3. The molecule has 26 heavy (non-hydrogen) atoms. The smallest absolute Gasteiger partial charge is 0.233 e. The molecule has 0 aliphatic carbocycles. The van der Waals surface area contributed by atoms with Crippen LogP contribution in [0.25, 0.3) is 0 Å². The average Bonchev–Trinajstić information content (AvgIpc) is 2.64. The topological polar surface area (TPSA) is 52.6 Å². The van der Waals surface area contributed by atoms with Crippen LogP contribution in [0.15, 0.2) is 48.5 Å². The molecular weight excluding hydrogens is 328 g/mol. The molecule has 0 N–H and O–H groups in total. The molecule has 0 aliphatic heterocycles. The third-order valence-electron chi connectivity index (χ3n) is 3.57. The summed E-state index contributed by atoms with van der Waals surface area (Å²) in [6.07, 6.45) is 0. The van der Waals surface area contributed by atoms with Crippen LogP contribution in [0.3, 0.4) is 0 Å². The third kappa shape index (κ3) is 5.73. The van der Waals surface area contributed by atoms with E-state index in [1.807, 2.05) is 27.7 Å². The summed E-state index contributed by atoms with van der Waals surface area (Å²) in [4.78, 5) is 25.1. The van der Waals surface area contributed by atoms with Gasteiger partial charge in [0.1, 0.15) is 11.5 Å². The van der Waals surface area contributed by atoms with Crippen molar-refractivity contribution in [1.29, 1.82) is 0 Å². The number of hydrogen-bond acceptors (Lipinski definition) is 4. The lowest BCUT2D eigenvalue weighted by Gasteiger charge is -2.10. The molecular formula is C22H26O4. The zero-order chi connectivity index (χ0) is 19.1. The second-order valence-corrected chi connectivity index (χ2v) is 7.12. The summed E-state index contributed by atoms with van der Waals surface area (Å²) in [5.74, 6) is 0.828. The van der Waals surface area contributed by atoms with Gasteiger partial charge in [-0.25, -0.2) is 0 Å². The van der Waals surface area contributed by atoms with Crippen LogP contribution in [-0.2, 0) is 0 Å². The largest absolute Gasteiger partial charge is 0.493 e. The molecule has 0 bridgehead atoms. The number of ketones is 2. The van der Waals surface area contributed by atoms with Crippen LogP contribution >= 0.6 is 0 Å². The zero-order valence-corrected chi connectivity index (χ0v) is 15.8. The number of rotatable bonds is 9. The maximum absolute atomic E-state index is 12.6. The Bertz CT molecular complexity index is 697. The highest BCUT2D eigenvalue weighted by molar-refractivity contribution is 6.49. The third-order valence-corrected chi connectivity index (χ3v) is 3.57. The van der Waals surface area contributed by atoms with Gasteiger partial charge in [0.25, 0.3) is 0 Å². The minimum atomic E-state index is -0.555. The molecule has 0 unspecified atom stereocenters. The van der Waals surface area contributed by atoms with Gasteiger partial charge in [0.2, 0.25) is 11.6 Å². The monoisotopic (exact) mass is 354 g/mol. The van der Waals surface area contributed by atoms with E-state index < -0.39 is 11.6 Å². The van der Waals surface area contributed by atoms with E-state index in [0.29, 0.717) is 47.7 Å². The van der Waals surface area contributed by atoms with Crippen LogP contribution in [0.2, 0.25) is 0 Å². The lowest BCUT2D eigenvalue weighted by molar-refractivity contribution is 0.0816. The van der Waals surface area contributed by atoms with Gasteiger partial charge in [0.15, 0.2) is 0 Å². The Balaban J connectivity index is 2.13. The zero-order valence-electron chi connectivity index (χ0n) is 15.8. The van der Waals surface area contributed by atoms with E-state index in [-0.39, 0.29) is 0 Å². The molecule has 0 amide bonds. The second-order valence-electron chi connectivity index (χ2n) is 7.12. The summed E-state index contributed by atoms with van der Waals surface area (Å²) < 4.78 is 11.3. The van der Waals surface area contributed by atoms with Gasteiger partial charge in [-0.05, 0) is 36.1 Å². The Morgan fingerprint density at radius 2 is 1.12 bits per heavy atom. The van der Waals surface area contributed by atoms with Crippen LogP contribution in [0.5, 0.6) is 11.5 Å². The Kier molecular flexibility index (Phi) is 6.96. The fourth-order valence-corrected chi connectivity index (χ4v) is 2.24. The van der Waals surface area contributed by atoms with Crippen LogP contribution in [0.4, 0.5) is 0 Å². The molecule has 2 rings (SSSR count). The highest BCUT2D eigenvalue weighted by atomic mass is 16.5. The van der Waals surface area contributed by atoms with Gasteiger partial charge in [0, 0.05) is 11.1 Å². The molecule has 0 heterocycles. The van der Waals surface area contributed by atoms with E-state index in [9.17, 15) is 9.59 Å². The predicted molar refractivity (Wildman–Crippen MR) is 102 cm³/mol. The summed E-state index contributed by atoms with van der Waals surface area (Å²) in [6.45, 7) is 9.31. The summed E-state index contributed by atoms with van der Waals surface area (Å²) in [5, 5.41) is 0. The highest BCUT2D eigenvalue weighted by Gasteiger charge is 2.19. The molecule has 0 spiro atoms. The SMILES string of the molecule is CC(C)COc1cccc(C(=O)C(=O)c2cccc(OCC(C)C)c2)c1. The van der Waals surface area contributed by atoms with E-state index in [0.717, 1.165) is 0 Å². The molecule has 138 valence electrons. The van der Waals surface area contributed by atoms with Crippen molar-refractivity contribution >= 4 is 11.6 Å². The number of hydrogen-bond donors (Lipinski definition) is 0. The maximum Gasteiger partial charge on any atom is 0.233 e. The fourth-order valence-electron chi connectivity index (χ4n) is 2.24. The number of benzene rings is 2. The molecule has 0 aliphatic rings. The number of Topliss-reactive ketones (excluding diaryl/α,β-unsaturated/α-hetero) is 2. The van der Waals surface area contributed by atoms with E-state index in [4.69, 9.17) is 9.47 Å². The minimum Gasteiger partial charge on any atom is -0.493 e. The first-order valence-electron chi connectivity index (χ1n) is 8.91. The maximum atomic E-state index is 12.6. The van der Waals surface area contributed by atoms with E-state index in [2.05, 4.69) is 0 Å². The van der Waals surface area contributed by atoms with Crippen LogP contribution in [0.1, 0.15) is 48.4 Å². The fraction of sp³-hybridized carbons (Fsp3) is 0.364. The van der Waals surface area contributed by atoms with Gasteiger partial charge in [-0.3, -0.25) is 9.59 Å². The Hall–Kier alpha value is -2.62. The summed E-state index contributed by atoms with van der Waals surface area (Å²) in [5.41, 5.74) is 0.648. The highest BCUT2D eigenvalue weighted by Crippen LogP contribution is 2.19. The van der Waals surface area contributed by atoms with Gasteiger partial charge >= 0.3 is 0 Å². The molecule has 0 fully saturated rings. The van der Waals surface area contributed by atoms with E-state index in [1.165, 1.54) is 0 Å². The Morgan fingerprint density at radius 3 is 1.46 bits per heavy atom. The minimum absolute atomic E-state index is 0.324. The second kappa shape index (κ2) is 9.18. The molecule has 0 atom stereocenters. The predicted octanol–water partition coefficient (Wildman–Crippen LogP) is 4.82. The molecule has 0 aromatic heterocycles. The molecule has 4 nitrogen and oxygen atoms in total. The normalized spacial score (nSPS) is 10.8. The summed E-state index contributed by atoms with van der Waals surface area (Å²) in [6, 6.07) is 13.5. The van der Waals surface area contributed by atoms with Crippen molar-refractivity contribution in [2.75, 3.05) is 13.2 Å². The van der Waals surface area contributed by atoms with Crippen molar-refractivity contribution in [1.82, 2.24) is 0 Å². The van der Waals surface area contributed by atoms with Gasteiger partial charge in [-0.1, -0.05) is 52.0 Å². The quantitative estimate of drug-likeness (QED) is 0.478. The van der Waals surface area contributed by atoms with Crippen LogP contribution < -0.4 is 9.47 Å². The summed E-state index contributed by atoms with van der Waals surface area (Å²) >= 11 is 0. The van der Waals surface area contributed by atoms with Gasteiger partial charge in [-0.15, -0.1) is 0 Å². The number of ether oxygens (including phenoxy) is 2. The first kappa shape index (κ1) is 19.7. The van der Waals surface area contributed by atoms with Gasteiger partial charge in [-0.2, -0.15) is 0 Å². The van der Waals surface area contributed by atoms with Crippen LogP contribution in [-0.4, -0.2) is 24.8 Å². The number of carbonyl (C=O) groups excluding carboxylic acids is 2.